The molecule has 2 amide bonds. The van der Waals surface area contributed by atoms with Crippen LogP contribution in [0.1, 0.15) is 67.1 Å². The van der Waals surface area contributed by atoms with Crippen LogP contribution in [0, 0.1) is 0 Å². The molecule has 62 heavy (non-hydrogen) atoms. The summed E-state index contributed by atoms with van der Waals surface area (Å²) in [5.41, 5.74) is 2.24. The lowest BCUT2D eigenvalue weighted by Crippen LogP contribution is -2.33. The number of carboxylic acid groups (broad SMARTS) is 2. The minimum Gasteiger partial charge on any atom is -0.475 e. The number of hydrogen-bond acceptors (Lipinski definition) is 12. The number of aromatic nitrogens is 2. The molecule has 0 saturated heterocycles. The summed E-state index contributed by atoms with van der Waals surface area (Å²) in [4.78, 5) is 97.5. The van der Waals surface area contributed by atoms with Gasteiger partial charge >= 0.3 is 36.2 Å². The van der Waals surface area contributed by atoms with Gasteiger partial charge in [0.15, 0.2) is 0 Å². The van der Waals surface area contributed by atoms with Gasteiger partial charge in [-0.05, 0) is 88.3 Å². The summed E-state index contributed by atoms with van der Waals surface area (Å²) < 4.78 is 72.9. The first kappa shape index (κ1) is 51.3. The number of carbonyl (C=O) groups excluding carboxylic acids is 6. The molecule has 2 heterocycles. The number of amides is 2. The molecule has 2 aromatic heterocycles. The number of halogens is 6. The molecule has 0 radical (unpaired) electrons. The van der Waals surface area contributed by atoms with E-state index in [1.54, 1.807) is 24.3 Å². The normalized spacial score (nSPS) is 11.0. The maximum atomic E-state index is 12.7. The summed E-state index contributed by atoms with van der Waals surface area (Å²) >= 11 is 0. The number of aliphatic carboxylic acids is 2. The Bertz CT molecular complexity index is 2060. The lowest BCUT2D eigenvalue weighted by Gasteiger charge is -2.08. The fourth-order valence-corrected chi connectivity index (χ4v) is 5.09. The topological polar surface area (TPSA) is 275 Å². The molecule has 4 aromatic rings. The maximum Gasteiger partial charge on any atom is 0.490 e. The Morgan fingerprint density at radius 1 is 0.548 bits per heavy atom. The average molecular weight is 889 g/mol. The lowest BCUT2D eigenvalue weighted by molar-refractivity contribution is -0.193. The van der Waals surface area contributed by atoms with Crippen molar-refractivity contribution in [1.82, 2.24) is 31.2 Å². The Hall–Kier alpha value is -6.82. The van der Waals surface area contributed by atoms with E-state index < -0.39 is 59.6 Å². The number of nitrogens with one attached hydrogen (secondary N) is 6. The van der Waals surface area contributed by atoms with Gasteiger partial charge in [-0.2, -0.15) is 26.3 Å². The van der Waals surface area contributed by atoms with Crippen LogP contribution in [0.5, 0.6) is 0 Å². The van der Waals surface area contributed by atoms with Crippen molar-refractivity contribution < 1.29 is 84.4 Å². The van der Waals surface area contributed by atoms with Crippen LogP contribution in [0.4, 0.5) is 26.3 Å². The minimum absolute atomic E-state index is 0.194. The number of fused-ring (bicyclic) bond motifs is 2. The fourth-order valence-electron chi connectivity index (χ4n) is 5.09. The third-order valence-electron chi connectivity index (χ3n) is 8.18. The van der Waals surface area contributed by atoms with Crippen molar-refractivity contribution in [3.05, 3.63) is 71.0 Å². The van der Waals surface area contributed by atoms with Crippen molar-refractivity contribution in [3.8, 4) is 0 Å². The predicted octanol–water partition coefficient (Wildman–Crippen LogP) is 3.53. The van der Waals surface area contributed by atoms with Crippen LogP contribution in [0.25, 0.3) is 21.8 Å². The van der Waals surface area contributed by atoms with Crippen molar-refractivity contribution in [3.63, 3.8) is 0 Å². The molecule has 338 valence electrons. The summed E-state index contributed by atoms with van der Waals surface area (Å²) in [6.45, 7) is 3.66. The third-order valence-corrected chi connectivity index (χ3v) is 8.18. The zero-order valence-electron chi connectivity index (χ0n) is 32.9. The summed E-state index contributed by atoms with van der Waals surface area (Å²) in [6.07, 6.45) is -4.05. The van der Waals surface area contributed by atoms with Crippen molar-refractivity contribution in [1.29, 1.82) is 0 Å². The number of esters is 2. The molecule has 2 aromatic carbocycles. The first-order chi connectivity index (χ1) is 29.1. The van der Waals surface area contributed by atoms with Gasteiger partial charge in [0.05, 0.1) is 36.5 Å². The quantitative estimate of drug-likeness (QED) is 0.0220. The third kappa shape index (κ3) is 16.3. The Labute approximate surface area is 347 Å². The van der Waals surface area contributed by atoms with Crippen LogP contribution in [-0.2, 0) is 28.7 Å². The van der Waals surface area contributed by atoms with E-state index in [1.165, 1.54) is 38.7 Å². The molecule has 0 aliphatic heterocycles. The Morgan fingerprint density at radius 2 is 0.871 bits per heavy atom. The molecule has 0 aliphatic rings. The van der Waals surface area contributed by atoms with Crippen LogP contribution >= 0.6 is 0 Å². The first-order valence-electron chi connectivity index (χ1n) is 18.2. The van der Waals surface area contributed by atoms with Crippen molar-refractivity contribution in [2.75, 3.05) is 53.5 Å². The Kier molecular flexibility index (Phi) is 20.2. The molecule has 18 nitrogen and oxygen atoms in total. The lowest BCUT2D eigenvalue weighted by atomic mass is 10.1. The van der Waals surface area contributed by atoms with E-state index in [1.807, 2.05) is 0 Å². The van der Waals surface area contributed by atoms with Gasteiger partial charge in [-0.15, -0.1) is 0 Å². The highest BCUT2D eigenvalue weighted by Crippen LogP contribution is 2.22. The Balaban J connectivity index is 0.000000811. The number of methoxy groups -OCH3 is 2. The van der Waals surface area contributed by atoms with Gasteiger partial charge in [-0.1, -0.05) is 0 Å². The summed E-state index contributed by atoms with van der Waals surface area (Å²) in [5, 5.41) is 27.1. The highest BCUT2D eigenvalue weighted by atomic mass is 19.4. The zero-order chi connectivity index (χ0) is 46.6. The molecular formula is C38H42F6N6O12. The molecule has 0 atom stereocenters. The van der Waals surface area contributed by atoms with E-state index in [4.69, 9.17) is 29.3 Å². The summed E-state index contributed by atoms with van der Waals surface area (Å²) in [6, 6.07) is 9.54. The predicted molar refractivity (Wildman–Crippen MR) is 206 cm³/mol. The van der Waals surface area contributed by atoms with E-state index >= 15 is 0 Å². The first-order valence-corrected chi connectivity index (χ1v) is 18.2. The average Bonchev–Trinajstić information content (AvgIpc) is 3.86. The number of unbranched alkanes of at least 4 members (excludes halogenated alkanes) is 1. The second kappa shape index (κ2) is 24.4. The molecule has 0 saturated carbocycles. The van der Waals surface area contributed by atoms with Gasteiger partial charge in [0.25, 0.3) is 23.4 Å². The van der Waals surface area contributed by atoms with Gasteiger partial charge in [0.2, 0.25) is 0 Å². The van der Waals surface area contributed by atoms with E-state index in [2.05, 4.69) is 31.2 Å². The molecular weight excluding hydrogens is 846 g/mol. The molecule has 0 aliphatic carbocycles. The maximum absolute atomic E-state index is 12.7. The number of alkyl halides is 6. The largest absolute Gasteiger partial charge is 0.490 e. The van der Waals surface area contributed by atoms with Crippen LogP contribution in [0.2, 0.25) is 0 Å². The number of rotatable bonds is 19. The molecule has 0 unspecified atom stereocenters. The Morgan fingerprint density at radius 3 is 1.18 bits per heavy atom. The van der Waals surface area contributed by atoms with Gasteiger partial charge in [0.1, 0.15) is 0 Å². The number of aromatic amines is 2. The van der Waals surface area contributed by atoms with E-state index in [0.717, 1.165) is 25.9 Å². The number of ether oxygens (including phenoxy) is 2. The minimum atomic E-state index is -5.08. The molecule has 0 fully saturated rings. The number of hydrogen-bond donors (Lipinski definition) is 8. The summed E-state index contributed by atoms with van der Waals surface area (Å²) in [5.74, 6) is -9.34. The number of H-pyrrole nitrogens is 2. The standard InChI is InChI=1S/C34H40N6O8.2C2HF3O2/c1-47-33(45)21-7-9-27-23(17-21)25(19-39-27)29(41)31(43)37-15-5-13-35-11-3-4-12-36-14-6-16-38-32(44)30(42)26-20-40-28-10-8-22(18-24(26)28)34(46)48-2;2*3-2(4,5)1(6)7/h7-10,17-20,35-36,39-40H,3-6,11-16H2,1-2H3,(H,37,43)(H,38,44);2*(H,6,7). The smallest absolute Gasteiger partial charge is 0.475 e. The van der Waals surface area contributed by atoms with Gasteiger partial charge in [-0.3, -0.25) is 19.2 Å². The van der Waals surface area contributed by atoms with Crippen LogP contribution in [-0.4, -0.2) is 133 Å². The number of carboxylic acids is 2. The van der Waals surface area contributed by atoms with Crippen LogP contribution < -0.4 is 21.3 Å². The molecule has 0 bridgehead atoms. The molecule has 4 rings (SSSR count). The van der Waals surface area contributed by atoms with Crippen molar-refractivity contribution in [2.24, 2.45) is 0 Å². The second-order valence-electron chi connectivity index (χ2n) is 12.6. The monoisotopic (exact) mass is 888 g/mol. The number of benzene rings is 2. The van der Waals surface area contributed by atoms with Gasteiger partial charge in [-0.25, -0.2) is 19.2 Å². The second-order valence-corrected chi connectivity index (χ2v) is 12.6. The number of carbonyl (C=O) groups is 8. The SMILES string of the molecule is COC(=O)c1ccc2[nH]cc(C(=O)C(=O)NCCCNCCCCNCCCNC(=O)C(=O)c3c[nH]c4ccc(C(=O)OC)cc34)c2c1.O=C(O)C(F)(F)F.O=C(O)C(F)(F)F. The molecule has 8 N–H and O–H groups in total. The highest BCUT2D eigenvalue weighted by Gasteiger charge is 2.39. The van der Waals surface area contributed by atoms with Gasteiger partial charge in [0, 0.05) is 47.3 Å². The van der Waals surface area contributed by atoms with Crippen LogP contribution in [0.15, 0.2) is 48.8 Å². The number of ketones is 2. The van der Waals surface area contributed by atoms with Crippen molar-refractivity contribution >= 4 is 69.1 Å². The molecule has 24 heteroatoms. The summed E-state index contributed by atoms with van der Waals surface area (Å²) in [7, 11) is 2.55. The van der Waals surface area contributed by atoms with Crippen molar-refractivity contribution in [2.45, 2.75) is 38.0 Å². The highest BCUT2D eigenvalue weighted by molar-refractivity contribution is 6.45. The van der Waals surface area contributed by atoms with Crippen LogP contribution in [0.3, 0.4) is 0 Å². The number of Topliss-reactive ketones (excluding diaryl/α,β-unsaturated/α-hetero) is 2. The van der Waals surface area contributed by atoms with E-state index in [0.29, 0.717) is 72.0 Å². The zero-order valence-corrected chi connectivity index (χ0v) is 32.9. The fraction of sp³-hybridized carbons (Fsp3) is 0.368. The van der Waals surface area contributed by atoms with E-state index in [-0.39, 0.29) is 11.1 Å². The van der Waals surface area contributed by atoms with Gasteiger partial charge < -0.3 is 50.9 Å². The molecule has 0 spiro atoms. The van der Waals surface area contributed by atoms with E-state index in [9.17, 15) is 55.1 Å².